The first kappa shape index (κ1) is 43.0. The minimum Gasteiger partial charge on any atom is -0.0961 e. The average Bonchev–Trinajstić information content (AvgIpc) is 3.21. The number of allylic oxidation sites excluding steroid dienone is 10. The summed E-state index contributed by atoms with van der Waals surface area (Å²) in [5.41, 5.74) is 14.8. The van der Waals surface area contributed by atoms with E-state index in [9.17, 15) is 0 Å². The minimum atomic E-state index is -0.317. The molecule has 6 rings (SSSR count). The van der Waals surface area contributed by atoms with Crippen LogP contribution in [-0.2, 0) is 5.41 Å². The molecule has 5 aromatic rings. The molecule has 5 aromatic carbocycles. The smallest absolute Gasteiger partial charge is 0.0661 e. The van der Waals surface area contributed by atoms with E-state index in [0.29, 0.717) is 5.92 Å². The lowest BCUT2D eigenvalue weighted by molar-refractivity contribution is 0.670. The second kappa shape index (κ2) is 22.0. The Morgan fingerprint density at radius 1 is 0.732 bits per heavy atom. The van der Waals surface area contributed by atoms with Gasteiger partial charge in [0.2, 0.25) is 0 Å². The lowest BCUT2D eigenvalue weighted by atomic mass is 9.62. The molecule has 0 heterocycles. The van der Waals surface area contributed by atoms with Gasteiger partial charge in [0.05, 0.1) is 5.41 Å². The molecule has 286 valence electrons. The molecule has 1 aliphatic carbocycles. The van der Waals surface area contributed by atoms with Gasteiger partial charge in [0.15, 0.2) is 0 Å². The van der Waals surface area contributed by atoms with Gasteiger partial charge in [-0.25, -0.2) is 0 Å². The predicted octanol–water partition coefficient (Wildman–Crippen LogP) is 16.2. The van der Waals surface area contributed by atoms with Crippen molar-refractivity contribution < 1.29 is 0 Å². The third-order valence-electron chi connectivity index (χ3n) is 9.89. The first-order chi connectivity index (χ1) is 27.1. The normalized spacial score (nSPS) is 15.1. The zero-order valence-electron chi connectivity index (χ0n) is 35.1. The molecule has 0 aromatic heterocycles. The van der Waals surface area contributed by atoms with Gasteiger partial charge in [0, 0.05) is 0 Å². The van der Waals surface area contributed by atoms with E-state index in [1.807, 2.05) is 13.0 Å². The monoisotopic (exact) mass is 734 g/mol. The Morgan fingerprint density at radius 2 is 1.36 bits per heavy atom. The molecule has 0 heteroatoms. The summed E-state index contributed by atoms with van der Waals surface area (Å²) in [6, 6.07) is 45.5. The molecule has 2 atom stereocenters. The molecule has 2 unspecified atom stereocenters. The fourth-order valence-electron chi connectivity index (χ4n) is 7.04. The largest absolute Gasteiger partial charge is 0.0961 e. The highest BCUT2D eigenvalue weighted by atomic mass is 14.4. The molecule has 56 heavy (non-hydrogen) atoms. The van der Waals surface area contributed by atoms with Crippen LogP contribution in [0.3, 0.4) is 0 Å². The molecular formula is C56H62. The second-order valence-corrected chi connectivity index (χ2v) is 14.9. The predicted molar refractivity (Wildman–Crippen MR) is 250 cm³/mol. The van der Waals surface area contributed by atoms with Crippen molar-refractivity contribution in [3.8, 4) is 11.1 Å². The fourth-order valence-corrected chi connectivity index (χ4v) is 7.04. The van der Waals surface area contributed by atoms with Crippen LogP contribution in [0.25, 0.3) is 29.4 Å². The third kappa shape index (κ3) is 11.6. The number of hydrogen-bond donors (Lipinski definition) is 0. The van der Waals surface area contributed by atoms with E-state index in [0.717, 1.165) is 12.0 Å². The molecule has 0 nitrogen and oxygen atoms in total. The van der Waals surface area contributed by atoms with Crippen molar-refractivity contribution >= 4 is 18.2 Å². The zero-order valence-corrected chi connectivity index (χ0v) is 35.1. The summed E-state index contributed by atoms with van der Waals surface area (Å²) < 4.78 is 0. The summed E-state index contributed by atoms with van der Waals surface area (Å²) in [4.78, 5) is 0. The summed E-state index contributed by atoms with van der Waals surface area (Å²) in [6.45, 7) is 21.2. The van der Waals surface area contributed by atoms with E-state index >= 15 is 0 Å². The van der Waals surface area contributed by atoms with Gasteiger partial charge in [0.1, 0.15) is 0 Å². The highest BCUT2D eigenvalue weighted by molar-refractivity contribution is 5.78. The van der Waals surface area contributed by atoms with Crippen LogP contribution >= 0.6 is 0 Å². The molecular weight excluding hydrogens is 673 g/mol. The van der Waals surface area contributed by atoms with Crippen LogP contribution in [0.15, 0.2) is 193 Å². The van der Waals surface area contributed by atoms with Gasteiger partial charge >= 0.3 is 0 Å². The number of rotatable bonds is 10. The molecule has 0 bridgehead atoms. The van der Waals surface area contributed by atoms with Crippen molar-refractivity contribution in [2.24, 2.45) is 5.92 Å². The Hall–Kier alpha value is -5.72. The van der Waals surface area contributed by atoms with Crippen molar-refractivity contribution in [1.29, 1.82) is 0 Å². The highest BCUT2D eigenvalue weighted by Gasteiger charge is 2.40. The Labute approximate surface area is 339 Å². The van der Waals surface area contributed by atoms with Gasteiger partial charge in [0.25, 0.3) is 0 Å². The summed E-state index contributed by atoms with van der Waals surface area (Å²) in [5.74, 6) is 0.580. The fraction of sp³-hybridized carbons (Fsp3) is 0.214. The SMILES string of the molecule is C/C=C/c1cc(-c2ccc(C)cc2)ccc1/C=C\c1ccccc1.C=C(C)/C=C\C=C(/C)C(C1=CCC(C)C=C1)(c1ccccc1)c1ccccc1C.CCC. The molecule has 0 saturated heterocycles. The second-order valence-electron chi connectivity index (χ2n) is 14.9. The maximum absolute atomic E-state index is 4.00. The van der Waals surface area contributed by atoms with E-state index in [2.05, 4.69) is 237 Å². The van der Waals surface area contributed by atoms with Crippen LogP contribution in [0.1, 0.15) is 93.3 Å². The zero-order chi connectivity index (χ0) is 40.3. The molecule has 0 fully saturated rings. The molecule has 0 radical (unpaired) electrons. The molecule has 0 saturated carbocycles. The van der Waals surface area contributed by atoms with Gasteiger partial charge < -0.3 is 0 Å². The average molecular weight is 735 g/mol. The van der Waals surface area contributed by atoms with Gasteiger partial charge in [-0.15, -0.1) is 0 Å². The van der Waals surface area contributed by atoms with E-state index < -0.39 is 0 Å². The number of benzene rings is 5. The first-order valence-electron chi connectivity index (χ1n) is 20.2. The highest BCUT2D eigenvalue weighted by Crippen LogP contribution is 2.48. The molecule has 0 N–H and O–H groups in total. The Kier molecular flexibility index (Phi) is 16.9. The van der Waals surface area contributed by atoms with Crippen molar-refractivity contribution in [1.82, 2.24) is 0 Å². The standard InChI is InChI=1S/C29H32.C24H22.C3H8/c1-22(2)12-11-14-25(5)29(26-15-7-6-8-16-26,27-20-18-23(3)19-21-27)28-17-10-9-13-24(28)4;1-3-7-23-18-24(21-13-10-19(2)11-14-21)17-16-22(23)15-12-20-8-5-4-6-9-20;1-3-2/h6-18,20-21,23H,1,19H2,2-5H3;3-18H,1-2H3;3H2,1-2H3/b12-11-,25-14+;7-3+,15-12-;. The maximum atomic E-state index is 4.00. The van der Waals surface area contributed by atoms with Crippen LogP contribution in [-0.4, -0.2) is 0 Å². The molecule has 0 spiro atoms. The van der Waals surface area contributed by atoms with Crippen LogP contribution in [0.4, 0.5) is 0 Å². The summed E-state index contributed by atoms with van der Waals surface area (Å²) in [5, 5.41) is 0. The van der Waals surface area contributed by atoms with E-state index in [-0.39, 0.29) is 5.41 Å². The van der Waals surface area contributed by atoms with Crippen LogP contribution < -0.4 is 0 Å². The Bertz CT molecular complexity index is 2160. The van der Waals surface area contributed by atoms with Crippen LogP contribution in [0.5, 0.6) is 0 Å². The van der Waals surface area contributed by atoms with Gasteiger partial charge in [-0.1, -0.05) is 233 Å². The van der Waals surface area contributed by atoms with Gasteiger partial charge in [-0.3, -0.25) is 0 Å². The van der Waals surface area contributed by atoms with Crippen LogP contribution in [0.2, 0.25) is 0 Å². The van der Waals surface area contributed by atoms with Crippen molar-refractivity contribution in [3.63, 3.8) is 0 Å². The lowest BCUT2D eigenvalue weighted by Gasteiger charge is -2.40. The summed E-state index contributed by atoms with van der Waals surface area (Å²) >= 11 is 0. The summed E-state index contributed by atoms with van der Waals surface area (Å²) in [6.07, 6.45) is 24.5. The molecule has 0 aliphatic heterocycles. The van der Waals surface area contributed by atoms with E-state index in [1.54, 1.807) is 0 Å². The van der Waals surface area contributed by atoms with Crippen molar-refractivity contribution in [3.05, 3.63) is 232 Å². The lowest BCUT2D eigenvalue weighted by Crippen LogP contribution is -2.33. The Balaban J connectivity index is 0.000000236. The first-order valence-corrected chi connectivity index (χ1v) is 20.2. The summed E-state index contributed by atoms with van der Waals surface area (Å²) in [7, 11) is 0. The minimum absolute atomic E-state index is 0.317. The maximum Gasteiger partial charge on any atom is 0.0661 e. The van der Waals surface area contributed by atoms with Gasteiger partial charge in [-0.05, 0) is 103 Å². The number of aryl methyl sites for hydroxylation is 2. The topological polar surface area (TPSA) is 0 Å². The van der Waals surface area contributed by atoms with E-state index in [4.69, 9.17) is 0 Å². The van der Waals surface area contributed by atoms with Crippen molar-refractivity contribution in [2.45, 2.75) is 73.6 Å². The van der Waals surface area contributed by atoms with Gasteiger partial charge in [-0.2, -0.15) is 0 Å². The van der Waals surface area contributed by atoms with E-state index in [1.165, 1.54) is 67.6 Å². The van der Waals surface area contributed by atoms with Crippen LogP contribution in [0, 0.1) is 19.8 Å². The third-order valence-corrected chi connectivity index (χ3v) is 9.89. The Morgan fingerprint density at radius 3 is 1.96 bits per heavy atom. The molecule has 0 amide bonds. The quantitative estimate of drug-likeness (QED) is 0.0990. The number of hydrogen-bond acceptors (Lipinski definition) is 0. The molecule has 1 aliphatic rings. The van der Waals surface area contributed by atoms with Crippen molar-refractivity contribution in [2.75, 3.05) is 0 Å².